The lowest BCUT2D eigenvalue weighted by molar-refractivity contribution is 0.282. The van der Waals surface area contributed by atoms with Gasteiger partial charge in [0, 0.05) is 12.6 Å². The predicted octanol–water partition coefficient (Wildman–Crippen LogP) is 3.72. The molecule has 86 valence electrons. The number of rotatable bonds is 1. The van der Waals surface area contributed by atoms with Crippen LogP contribution in [0.3, 0.4) is 0 Å². The second-order valence-electron chi connectivity index (χ2n) is 5.46. The summed E-state index contributed by atoms with van der Waals surface area (Å²) in [5, 5.41) is 3.72. The van der Waals surface area contributed by atoms with Crippen LogP contribution in [0.1, 0.15) is 54.8 Å². The van der Waals surface area contributed by atoms with Gasteiger partial charge in [0.05, 0.1) is 0 Å². The number of benzene rings is 1. The van der Waals surface area contributed by atoms with Crippen molar-refractivity contribution in [1.82, 2.24) is 5.32 Å². The number of nitrogens with one attached hydrogen (secondary N) is 1. The van der Waals surface area contributed by atoms with Crippen molar-refractivity contribution in [1.29, 1.82) is 0 Å². The van der Waals surface area contributed by atoms with E-state index in [0.29, 0.717) is 6.04 Å². The minimum atomic E-state index is 0.649. The highest BCUT2D eigenvalue weighted by atomic mass is 14.9. The molecule has 3 rings (SSSR count). The van der Waals surface area contributed by atoms with Gasteiger partial charge in [-0.25, -0.2) is 0 Å². The molecule has 0 amide bonds. The Morgan fingerprint density at radius 1 is 1.12 bits per heavy atom. The zero-order valence-corrected chi connectivity index (χ0v) is 10.1. The van der Waals surface area contributed by atoms with Crippen molar-refractivity contribution in [3.63, 3.8) is 0 Å². The van der Waals surface area contributed by atoms with Crippen LogP contribution in [0.5, 0.6) is 0 Å². The van der Waals surface area contributed by atoms with E-state index < -0.39 is 0 Å². The van der Waals surface area contributed by atoms with E-state index >= 15 is 0 Å². The van der Waals surface area contributed by atoms with E-state index in [1.807, 2.05) is 0 Å². The van der Waals surface area contributed by atoms with Crippen molar-refractivity contribution in [2.24, 2.45) is 5.92 Å². The predicted molar refractivity (Wildman–Crippen MR) is 67.3 cm³/mol. The molecular weight excluding hydrogens is 194 g/mol. The summed E-state index contributed by atoms with van der Waals surface area (Å²) in [6.45, 7) is 3.27. The quantitative estimate of drug-likeness (QED) is 0.753. The van der Waals surface area contributed by atoms with Gasteiger partial charge in [-0.15, -0.1) is 0 Å². The molecule has 0 spiro atoms. The number of hydrogen-bond acceptors (Lipinski definition) is 1. The smallest absolute Gasteiger partial charge is 0.0354 e. The summed E-state index contributed by atoms with van der Waals surface area (Å²) in [7, 11) is 0. The molecule has 1 atom stereocenters. The Balaban J connectivity index is 1.84. The van der Waals surface area contributed by atoms with Crippen molar-refractivity contribution >= 4 is 0 Å². The number of hydrogen-bond donors (Lipinski definition) is 1. The molecule has 1 N–H and O–H groups in total. The average Bonchev–Trinajstić information content (AvgIpc) is 2.73. The van der Waals surface area contributed by atoms with Crippen LogP contribution in [0.25, 0.3) is 0 Å². The monoisotopic (exact) mass is 215 g/mol. The van der Waals surface area contributed by atoms with Gasteiger partial charge in [0.15, 0.2) is 0 Å². The highest BCUT2D eigenvalue weighted by Gasteiger charge is 2.29. The molecule has 1 aromatic rings. The summed E-state index contributed by atoms with van der Waals surface area (Å²) in [6, 6.07) is 7.62. The summed E-state index contributed by atoms with van der Waals surface area (Å²) in [4.78, 5) is 0. The first-order valence-corrected chi connectivity index (χ1v) is 6.67. The van der Waals surface area contributed by atoms with Gasteiger partial charge in [-0.1, -0.05) is 43.0 Å². The Kier molecular flexibility index (Phi) is 2.72. The van der Waals surface area contributed by atoms with Crippen molar-refractivity contribution in [3.8, 4) is 0 Å². The van der Waals surface area contributed by atoms with Gasteiger partial charge in [-0.3, -0.25) is 0 Å². The van der Waals surface area contributed by atoms with Gasteiger partial charge in [-0.05, 0) is 36.8 Å². The molecule has 1 aliphatic heterocycles. The summed E-state index contributed by atoms with van der Waals surface area (Å²) in [5.41, 5.74) is 4.51. The summed E-state index contributed by atoms with van der Waals surface area (Å²) >= 11 is 0. The fraction of sp³-hybridized carbons (Fsp3) is 0.600. The molecule has 1 heteroatoms. The third-order valence-electron chi connectivity index (χ3n) is 4.27. The standard InChI is InChI=1S/C15H21N/c1-11-7-8-14-13(9-11)10-16-15(14)12-5-3-2-4-6-12/h7-9,12,15-16H,2-6,10H2,1H3. The van der Waals surface area contributed by atoms with Crippen LogP contribution < -0.4 is 5.32 Å². The molecule has 16 heavy (non-hydrogen) atoms. The lowest BCUT2D eigenvalue weighted by atomic mass is 9.81. The maximum Gasteiger partial charge on any atom is 0.0354 e. The van der Waals surface area contributed by atoms with E-state index in [4.69, 9.17) is 0 Å². The maximum absolute atomic E-state index is 3.72. The van der Waals surface area contributed by atoms with E-state index in [0.717, 1.165) is 12.5 Å². The topological polar surface area (TPSA) is 12.0 Å². The normalized spacial score (nSPS) is 25.7. The Morgan fingerprint density at radius 2 is 1.94 bits per heavy atom. The van der Waals surface area contributed by atoms with Crippen LogP contribution >= 0.6 is 0 Å². The van der Waals surface area contributed by atoms with Crippen molar-refractivity contribution < 1.29 is 0 Å². The molecule has 0 aromatic heterocycles. The maximum atomic E-state index is 3.72. The van der Waals surface area contributed by atoms with E-state index in [1.165, 1.54) is 43.2 Å². The first-order valence-electron chi connectivity index (χ1n) is 6.67. The van der Waals surface area contributed by atoms with Gasteiger partial charge in [0.1, 0.15) is 0 Å². The minimum absolute atomic E-state index is 0.649. The Hall–Kier alpha value is -0.820. The van der Waals surface area contributed by atoms with Crippen LogP contribution in [0, 0.1) is 12.8 Å². The Bertz CT molecular complexity index is 377. The third kappa shape index (κ3) is 1.78. The summed E-state index contributed by atoms with van der Waals surface area (Å²) in [5.74, 6) is 0.887. The van der Waals surface area contributed by atoms with E-state index in [2.05, 4.69) is 30.4 Å². The van der Waals surface area contributed by atoms with E-state index in [1.54, 1.807) is 5.56 Å². The molecular formula is C15H21N. The molecule has 1 heterocycles. The van der Waals surface area contributed by atoms with Gasteiger partial charge in [0.2, 0.25) is 0 Å². The first kappa shape index (κ1) is 10.3. The molecule has 1 fully saturated rings. The number of aryl methyl sites for hydroxylation is 1. The second-order valence-corrected chi connectivity index (χ2v) is 5.46. The SMILES string of the molecule is Cc1ccc2c(c1)CNC2C1CCCCC1. The largest absolute Gasteiger partial charge is 0.306 e. The fourth-order valence-electron chi connectivity index (χ4n) is 3.41. The van der Waals surface area contributed by atoms with Gasteiger partial charge in [-0.2, -0.15) is 0 Å². The van der Waals surface area contributed by atoms with Gasteiger partial charge >= 0.3 is 0 Å². The molecule has 0 saturated heterocycles. The van der Waals surface area contributed by atoms with E-state index in [-0.39, 0.29) is 0 Å². The van der Waals surface area contributed by atoms with Crippen LogP contribution in [0.4, 0.5) is 0 Å². The highest BCUT2D eigenvalue weighted by molar-refractivity contribution is 5.37. The molecule has 1 saturated carbocycles. The summed E-state index contributed by atoms with van der Waals surface area (Å²) in [6.07, 6.45) is 7.16. The van der Waals surface area contributed by atoms with Crippen LogP contribution in [0.15, 0.2) is 18.2 Å². The molecule has 0 bridgehead atoms. The fourth-order valence-corrected chi connectivity index (χ4v) is 3.41. The first-order chi connectivity index (χ1) is 7.84. The molecule has 1 unspecified atom stereocenters. The van der Waals surface area contributed by atoms with Crippen LogP contribution in [-0.2, 0) is 6.54 Å². The van der Waals surface area contributed by atoms with Gasteiger partial charge < -0.3 is 5.32 Å². The van der Waals surface area contributed by atoms with Crippen LogP contribution in [-0.4, -0.2) is 0 Å². The lowest BCUT2D eigenvalue weighted by Gasteiger charge is -2.28. The minimum Gasteiger partial charge on any atom is -0.306 e. The second kappa shape index (κ2) is 4.21. The molecule has 1 aromatic carbocycles. The average molecular weight is 215 g/mol. The molecule has 0 radical (unpaired) electrons. The van der Waals surface area contributed by atoms with Crippen molar-refractivity contribution in [3.05, 3.63) is 34.9 Å². The van der Waals surface area contributed by atoms with Crippen molar-refractivity contribution in [2.45, 2.75) is 51.6 Å². The lowest BCUT2D eigenvalue weighted by Crippen LogP contribution is -2.23. The molecule has 2 aliphatic rings. The van der Waals surface area contributed by atoms with E-state index in [9.17, 15) is 0 Å². The Morgan fingerprint density at radius 3 is 2.75 bits per heavy atom. The Labute approximate surface area is 98.3 Å². The van der Waals surface area contributed by atoms with Crippen molar-refractivity contribution in [2.75, 3.05) is 0 Å². The third-order valence-corrected chi connectivity index (χ3v) is 4.27. The summed E-state index contributed by atoms with van der Waals surface area (Å²) < 4.78 is 0. The zero-order chi connectivity index (χ0) is 11.0. The molecule has 1 nitrogen and oxygen atoms in total. The highest BCUT2D eigenvalue weighted by Crippen LogP contribution is 2.38. The number of fused-ring (bicyclic) bond motifs is 1. The zero-order valence-electron chi connectivity index (χ0n) is 10.1. The molecule has 1 aliphatic carbocycles. The van der Waals surface area contributed by atoms with Gasteiger partial charge in [0.25, 0.3) is 0 Å². The van der Waals surface area contributed by atoms with Crippen LogP contribution in [0.2, 0.25) is 0 Å².